The van der Waals surface area contributed by atoms with Crippen molar-refractivity contribution in [3.05, 3.63) is 65.4 Å². The summed E-state index contributed by atoms with van der Waals surface area (Å²) in [7, 11) is -3.56. The highest BCUT2D eigenvalue weighted by Crippen LogP contribution is 2.36. The van der Waals surface area contributed by atoms with Crippen LogP contribution in [0.5, 0.6) is 0 Å². The summed E-state index contributed by atoms with van der Waals surface area (Å²) >= 11 is 1.46. The van der Waals surface area contributed by atoms with Gasteiger partial charge in [-0.05, 0) is 18.2 Å². The Balaban J connectivity index is 2.23. The van der Waals surface area contributed by atoms with E-state index in [1.807, 2.05) is 11.4 Å². The molecule has 0 bridgehead atoms. The molecule has 3 nitrogen and oxygen atoms in total. The minimum absolute atomic E-state index is 0.279. The van der Waals surface area contributed by atoms with Gasteiger partial charge in [0, 0.05) is 21.9 Å². The maximum atomic E-state index is 12.8. The standard InChI is InChI=1S/C16H13NO2S2/c17-15-11-20-10-14(15)13-8-4-5-9-16(13)21(18,19)12-6-2-1-3-7-12/h1-11H,17H2. The monoisotopic (exact) mass is 315 g/mol. The minimum Gasteiger partial charge on any atom is -0.398 e. The average molecular weight is 315 g/mol. The van der Waals surface area contributed by atoms with Crippen molar-refractivity contribution in [2.45, 2.75) is 9.79 Å². The predicted octanol–water partition coefficient (Wildman–Crippen LogP) is 3.83. The first-order chi connectivity index (χ1) is 10.1. The van der Waals surface area contributed by atoms with Crippen molar-refractivity contribution < 1.29 is 8.42 Å². The van der Waals surface area contributed by atoms with E-state index in [1.54, 1.807) is 53.9 Å². The molecule has 0 amide bonds. The number of hydrogen-bond donors (Lipinski definition) is 1. The Hall–Kier alpha value is -2.11. The van der Waals surface area contributed by atoms with Gasteiger partial charge in [0.25, 0.3) is 0 Å². The lowest BCUT2D eigenvalue weighted by Gasteiger charge is -2.10. The highest BCUT2D eigenvalue weighted by atomic mass is 32.2. The van der Waals surface area contributed by atoms with Crippen molar-refractivity contribution in [3.8, 4) is 11.1 Å². The Morgan fingerprint density at radius 2 is 1.48 bits per heavy atom. The summed E-state index contributed by atoms with van der Waals surface area (Å²) in [6, 6.07) is 15.4. The number of hydrogen-bond acceptors (Lipinski definition) is 4. The van der Waals surface area contributed by atoms with Crippen molar-refractivity contribution >= 4 is 26.9 Å². The van der Waals surface area contributed by atoms with Gasteiger partial charge in [-0.3, -0.25) is 0 Å². The summed E-state index contributed by atoms with van der Waals surface area (Å²) in [6.45, 7) is 0. The van der Waals surface area contributed by atoms with E-state index in [0.29, 0.717) is 11.3 Å². The lowest BCUT2D eigenvalue weighted by atomic mass is 10.1. The number of nitrogens with two attached hydrogens (primary N) is 1. The van der Waals surface area contributed by atoms with Crippen LogP contribution in [0.1, 0.15) is 0 Å². The first kappa shape index (κ1) is 13.9. The van der Waals surface area contributed by atoms with E-state index in [-0.39, 0.29) is 9.79 Å². The lowest BCUT2D eigenvalue weighted by molar-refractivity contribution is 0.596. The molecule has 21 heavy (non-hydrogen) atoms. The molecule has 0 saturated carbocycles. The van der Waals surface area contributed by atoms with Crippen molar-refractivity contribution in [2.75, 3.05) is 5.73 Å². The van der Waals surface area contributed by atoms with E-state index in [2.05, 4.69) is 0 Å². The molecule has 0 aliphatic carbocycles. The summed E-state index contributed by atoms with van der Waals surface area (Å²) in [5, 5.41) is 3.68. The second-order valence-corrected chi connectivity index (χ2v) is 7.22. The summed E-state index contributed by atoms with van der Waals surface area (Å²) in [5.74, 6) is 0. The number of sulfone groups is 1. The van der Waals surface area contributed by atoms with Gasteiger partial charge < -0.3 is 5.73 Å². The van der Waals surface area contributed by atoms with Crippen molar-refractivity contribution in [2.24, 2.45) is 0 Å². The Kier molecular flexibility index (Phi) is 3.53. The quantitative estimate of drug-likeness (QED) is 0.799. The van der Waals surface area contributed by atoms with Gasteiger partial charge in [-0.2, -0.15) is 0 Å². The molecule has 2 N–H and O–H groups in total. The van der Waals surface area contributed by atoms with E-state index in [4.69, 9.17) is 5.73 Å². The van der Waals surface area contributed by atoms with Crippen LogP contribution in [-0.2, 0) is 9.84 Å². The topological polar surface area (TPSA) is 60.2 Å². The fraction of sp³-hybridized carbons (Fsp3) is 0. The average Bonchev–Trinajstić information content (AvgIpc) is 2.94. The van der Waals surface area contributed by atoms with Crippen molar-refractivity contribution in [1.82, 2.24) is 0 Å². The van der Waals surface area contributed by atoms with Crippen LogP contribution < -0.4 is 5.73 Å². The summed E-state index contributed by atoms with van der Waals surface area (Å²) in [5.41, 5.74) is 7.93. The molecular formula is C16H13NO2S2. The van der Waals surface area contributed by atoms with E-state index in [9.17, 15) is 8.42 Å². The van der Waals surface area contributed by atoms with E-state index < -0.39 is 9.84 Å². The van der Waals surface area contributed by atoms with Crippen molar-refractivity contribution in [3.63, 3.8) is 0 Å². The first-order valence-electron chi connectivity index (χ1n) is 6.32. The third-order valence-electron chi connectivity index (χ3n) is 3.21. The molecule has 0 radical (unpaired) electrons. The smallest absolute Gasteiger partial charge is 0.207 e. The molecule has 5 heteroatoms. The second-order valence-electron chi connectivity index (χ2n) is 4.55. The van der Waals surface area contributed by atoms with Gasteiger partial charge in [-0.25, -0.2) is 8.42 Å². The maximum absolute atomic E-state index is 12.8. The Bertz CT molecular complexity index is 868. The van der Waals surface area contributed by atoms with Gasteiger partial charge in [0.1, 0.15) is 0 Å². The molecule has 0 fully saturated rings. The fourth-order valence-corrected chi connectivity index (χ4v) is 4.41. The van der Waals surface area contributed by atoms with Crippen LogP contribution in [0, 0.1) is 0 Å². The molecule has 0 aliphatic heterocycles. The molecule has 106 valence electrons. The summed E-state index contributed by atoms with van der Waals surface area (Å²) in [4.78, 5) is 0.563. The van der Waals surface area contributed by atoms with Gasteiger partial charge in [0.05, 0.1) is 15.5 Å². The molecule has 1 aromatic heterocycles. The SMILES string of the molecule is Nc1cscc1-c1ccccc1S(=O)(=O)c1ccccc1. The zero-order chi connectivity index (χ0) is 14.9. The normalized spacial score (nSPS) is 11.4. The van der Waals surface area contributed by atoms with Crippen LogP contribution in [0.4, 0.5) is 5.69 Å². The van der Waals surface area contributed by atoms with Crippen LogP contribution in [0.2, 0.25) is 0 Å². The van der Waals surface area contributed by atoms with Crippen molar-refractivity contribution in [1.29, 1.82) is 0 Å². The van der Waals surface area contributed by atoms with Gasteiger partial charge in [0.2, 0.25) is 9.84 Å². The van der Waals surface area contributed by atoms with Crippen LogP contribution >= 0.6 is 11.3 Å². The Morgan fingerprint density at radius 1 is 0.810 bits per heavy atom. The Morgan fingerprint density at radius 3 is 2.14 bits per heavy atom. The number of rotatable bonds is 3. The van der Waals surface area contributed by atoms with Crippen LogP contribution in [0.15, 0.2) is 75.1 Å². The second kappa shape index (κ2) is 5.35. The molecule has 1 heterocycles. The van der Waals surface area contributed by atoms with E-state index >= 15 is 0 Å². The molecular weight excluding hydrogens is 302 g/mol. The first-order valence-corrected chi connectivity index (χ1v) is 8.74. The third-order valence-corrected chi connectivity index (χ3v) is 5.80. The van der Waals surface area contributed by atoms with Gasteiger partial charge >= 0.3 is 0 Å². The van der Waals surface area contributed by atoms with Crippen LogP contribution in [0.25, 0.3) is 11.1 Å². The zero-order valence-electron chi connectivity index (χ0n) is 11.1. The van der Waals surface area contributed by atoms with E-state index in [0.717, 1.165) is 5.56 Å². The highest BCUT2D eigenvalue weighted by molar-refractivity contribution is 7.91. The van der Waals surface area contributed by atoms with Gasteiger partial charge in [0.15, 0.2) is 0 Å². The molecule has 0 saturated heterocycles. The lowest BCUT2D eigenvalue weighted by Crippen LogP contribution is -2.04. The van der Waals surface area contributed by atoms with E-state index in [1.165, 1.54) is 11.3 Å². The number of nitrogen functional groups attached to an aromatic ring is 1. The van der Waals surface area contributed by atoms with Crippen LogP contribution in [0.3, 0.4) is 0 Å². The van der Waals surface area contributed by atoms with Gasteiger partial charge in [-0.15, -0.1) is 11.3 Å². The Labute approximate surface area is 127 Å². The third kappa shape index (κ3) is 2.46. The minimum atomic E-state index is -3.56. The highest BCUT2D eigenvalue weighted by Gasteiger charge is 2.22. The number of benzene rings is 2. The van der Waals surface area contributed by atoms with Gasteiger partial charge in [-0.1, -0.05) is 36.4 Å². The predicted molar refractivity (Wildman–Crippen MR) is 86.1 cm³/mol. The molecule has 0 spiro atoms. The number of anilines is 1. The summed E-state index contributed by atoms with van der Waals surface area (Å²) in [6.07, 6.45) is 0. The number of thiophene rings is 1. The molecule has 3 aromatic rings. The maximum Gasteiger partial charge on any atom is 0.207 e. The molecule has 0 unspecified atom stereocenters. The largest absolute Gasteiger partial charge is 0.398 e. The van der Waals surface area contributed by atoms with Crippen LogP contribution in [-0.4, -0.2) is 8.42 Å². The zero-order valence-corrected chi connectivity index (χ0v) is 12.7. The molecule has 0 atom stereocenters. The summed E-state index contributed by atoms with van der Waals surface area (Å²) < 4.78 is 25.6. The molecule has 0 aliphatic rings. The molecule has 3 rings (SSSR count). The molecule has 2 aromatic carbocycles. The fourth-order valence-electron chi connectivity index (χ4n) is 2.18.